The third-order valence-corrected chi connectivity index (χ3v) is 3.75. The van der Waals surface area contributed by atoms with E-state index in [1.807, 2.05) is 6.08 Å². The molecule has 0 fully saturated rings. The highest BCUT2D eigenvalue weighted by Crippen LogP contribution is 2.28. The van der Waals surface area contributed by atoms with Gasteiger partial charge >= 0.3 is 0 Å². The molecule has 0 spiro atoms. The molecular weight excluding hydrogens is 240 g/mol. The first-order valence-electron chi connectivity index (χ1n) is 7.66. The van der Waals surface area contributed by atoms with Gasteiger partial charge < -0.3 is 0 Å². The van der Waals surface area contributed by atoms with Crippen LogP contribution in [0.25, 0.3) is 5.57 Å². The van der Waals surface area contributed by atoms with E-state index in [-0.39, 0.29) is 0 Å². The van der Waals surface area contributed by atoms with Crippen LogP contribution in [0.4, 0.5) is 0 Å². The first-order chi connectivity index (χ1) is 9.63. The highest BCUT2D eigenvalue weighted by molar-refractivity contribution is 5.67. The van der Waals surface area contributed by atoms with Crippen molar-refractivity contribution in [3.05, 3.63) is 66.3 Å². The van der Waals surface area contributed by atoms with Crippen molar-refractivity contribution in [1.82, 2.24) is 0 Å². The van der Waals surface area contributed by atoms with Gasteiger partial charge in [-0.1, -0.05) is 56.4 Å². The van der Waals surface area contributed by atoms with Gasteiger partial charge in [0.2, 0.25) is 0 Å². The Labute approximate surface area is 124 Å². The molecule has 0 saturated carbocycles. The molecule has 0 amide bonds. The lowest BCUT2D eigenvalue weighted by Crippen LogP contribution is -1.97. The van der Waals surface area contributed by atoms with Gasteiger partial charge in [0, 0.05) is 5.92 Å². The molecule has 0 aliphatic carbocycles. The van der Waals surface area contributed by atoms with Gasteiger partial charge in [0.1, 0.15) is 0 Å². The molecule has 0 aromatic heterocycles. The molecule has 0 radical (unpaired) electrons. The molecule has 1 atom stereocenters. The summed E-state index contributed by atoms with van der Waals surface area (Å²) < 4.78 is 0. The number of hydrogen-bond acceptors (Lipinski definition) is 0. The van der Waals surface area contributed by atoms with Crippen molar-refractivity contribution in [2.24, 2.45) is 0 Å². The minimum absolute atomic E-state index is 0.427. The van der Waals surface area contributed by atoms with Crippen LogP contribution >= 0.6 is 0 Å². The van der Waals surface area contributed by atoms with Crippen molar-refractivity contribution < 1.29 is 0 Å². The largest absolute Gasteiger partial charge is 0.103 e. The first kappa shape index (κ1) is 16.5. The zero-order valence-electron chi connectivity index (χ0n) is 13.3. The van der Waals surface area contributed by atoms with Crippen molar-refractivity contribution in [2.75, 3.05) is 0 Å². The lowest BCUT2D eigenvalue weighted by molar-refractivity contribution is 0.823. The summed E-state index contributed by atoms with van der Waals surface area (Å²) in [6.07, 6.45) is 10.9. The number of aryl methyl sites for hydroxylation is 1. The third-order valence-electron chi connectivity index (χ3n) is 3.75. The van der Waals surface area contributed by atoms with Crippen LogP contribution in [0.1, 0.15) is 62.1 Å². The lowest BCUT2D eigenvalue weighted by Gasteiger charge is -2.16. The second-order valence-electron chi connectivity index (χ2n) is 5.44. The summed E-state index contributed by atoms with van der Waals surface area (Å²) in [6, 6.07) is 6.78. The quantitative estimate of drug-likeness (QED) is 0.476. The van der Waals surface area contributed by atoms with Gasteiger partial charge in [-0.25, -0.2) is 0 Å². The Morgan fingerprint density at radius 2 is 2.10 bits per heavy atom. The SMILES string of the molecule is C=CCC(C=CC)c1ccc(C)c(C(=C)CCCC)c1. The second kappa shape index (κ2) is 8.58. The third kappa shape index (κ3) is 4.52. The average molecular weight is 268 g/mol. The summed E-state index contributed by atoms with van der Waals surface area (Å²) in [7, 11) is 0. The van der Waals surface area contributed by atoms with E-state index >= 15 is 0 Å². The molecular formula is C20H28. The van der Waals surface area contributed by atoms with E-state index in [9.17, 15) is 0 Å². The topological polar surface area (TPSA) is 0 Å². The fourth-order valence-corrected chi connectivity index (χ4v) is 2.51. The molecule has 1 aromatic rings. The standard InChI is InChI=1S/C20H28/c1-6-9-12-16(4)20-15-19(14-13-17(20)5)18(10-7-2)11-8-3/h7-8,11,13-15,18H,2,4,6,9-10,12H2,1,3,5H3. The minimum atomic E-state index is 0.427. The van der Waals surface area contributed by atoms with Crippen LogP contribution < -0.4 is 0 Å². The Morgan fingerprint density at radius 3 is 2.70 bits per heavy atom. The normalized spacial score (nSPS) is 12.6. The Hall–Kier alpha value is -1.56. The number of rotatable bonds is 8. The van der Waals surface area contributed by atoms with Crippen molar-refractivity contribution in [2.45, 2.75) is 52.4 Å². The summed E-state index contributed by atoms with van der Waals surface area (Å²) in [4.78, 5) is 0. The maximum atomic E-state index is 4.28. The molecule has 0 heteroatoms. The fourth-order valence-electron chi connectivity index (χ4n) is 2.51. The van der Waals surface area contributed by atoms with Crippen LogP contribution in [0.2, 0.25) is 0 Å². The van der Waals surface area contributed by atoms with Crippen molar-refractivity contribution in [3.8, 4) is 0 Å². The van der Waals surface area contributed by atoms with Crippen molar-refractivity contribution >= 4 is 5.57 Å². The Bertz CT molecular complexity index is 477. The molecule has 0 bridgehead atoms. The van der Waals surface area contributed by atoms with Gasteiger partial charge in [-0.15, -0.1) is 6.58 Å². The van der Waals surface area contributed by atoms with E-state index in [1.54, 1.807) is 0 Å². The van der Waals surface area contributed by atoms with E-state index in [0.717, 1.165) is 12.8 Å². The molecule has 0 saturated heterocycles. The van der Waals surface area contributed by atoms with Gasteiger partial charge in [-0.05, 0) is 55.4 Å². The van der Waals surface area contributed by atoms with Crippen LogP contribution in [0.5, 0.6) is 0 Å². The molecule has 0 nitrogen and oxygen atoms in total. The summed E-state index contributed by atoms with van der Waals surface area (Å²) in [6.45, 7) is 14.6. The van der Waals surface area contributed by atoms with Crippen LogP contribution in [0.15, 0.2) is 49.6 Å². The molecule has 0 aliphatic rings. The van der Waals surface area contributed by atoms with Crippen LogP contribution in [-0.2, 0) is 0 Å². The molecule has 108 valence electrons. The molecule has 1 rings (SSSR count). The summed E-state index contributed by atoms with van der Waals surface area (Å²) in [5, 5.41) is 0. The monoisotopic (exact) mass is 268 g/mol. The second-order valence-corrected chi connectivity index (χ2v) is 5.44. The van der Waals surface area contributed by atoms with Gasteiger partial charge in [0.05, 0.1) is 0 Å². The molecule has 20 heavy (non-hydrogen) atoms. The van der Waals surface area contributed by atoms with E-state index in [0.29, 0.717) is 5.92 Å². The highest BCUT2D eigenvalue weighted by Gasteiger charge is 2.10. The molecule has 0 heterocycles. The number of unbranched alkanes of at least 4 members (excludes halogenated alkanes) is 1. The van der Waals surface area contributed by atoms with Crippen LogP contribution in [0.3, 0.4) is 0 Å². The first-order valence-corrected chi connectivity index (χ1v) is 7.66. The van der Waals surface area contributed by atoms with E-state index in [1.165, 1.54) is 35.1 Å². The predicted octanol–water partition coefficient (Wildman–Crippen LogP) is 6.43. The Balaban J connectivity index is 3.05. The fraction of sp³-hybridized carbons (Fsp3) is 0.400. The summed E-state index contributed by atoms with van der Waals surface area (Å²) in [5.74, 6) is 0.427. The lowest BCUT2D eigenvalue weighted by atomic mass is 9.89. The van der Waals surface area contributed by atoms with Gasteiger partial charge in [-0.3, -0.25) is 0 Å². The Kier molecular flexibility index (Phi) is 7.08. The molecule has 1 unspecified atom stereocenters. The van der Waals surface area contributed by atoms with E-state index in [4.69, 9.17) is 0 Å². The predicted molar refractivity (Wildman–Crippen MR) is 92.1 cm³/mol. The average Bonchev–Trinajstić information content (AvgIpc) is 2.45. The van der Waals surface area contributed by atoms with Crippen LogP contribution in [0, 0.1) is 6.92 Å². The van der Waals surface area contributed by atoms with Crippen molar-refractivity contribution in [3.63, 3.8) is 0 Å². The van der Waals surface area contributed by atoms with E-state index in [2.05, 4.69) is 64.3 Å². The summed E-state index contributed by atoms with van der Waals surface area (Å²) in [5.41, 5.74) is 5.28. The highest BCUT2D eigenvalue weighted by atomic mass is 14.1. The van der Waals surface area contributed by atoms with Crippen molar-refractivity contribution in [1.29, 1.82) is 0 Å². The minimum Gasteiger partial charge on any atom is -0.103 e. The molecule has 0 N–H and O–H groups in total. The number of allylic oxidation sites excluding steroid dienone is 4. The Morgan fingerprint density at radius 1 is 1.35 bits per heavy atom. The van der Waals surface area contributed by atoms with Gasteiger partial charge in [-0.2, -0.15) is 0 Å². The molecule has 1 aromatic carbocycles. The zero-order chi connectivity index (χ0) is 15.0. The number of hydrogen-bond donors (Lipinski definition) is 0. The van der Waals surface area contributed by atoms with E-state index < -0.39 is 0 Å². The number of benzene rings is 1. The summed E-state index contributed by atoms with van der Waals surface area (Å²) >= 11 is 0. The van der Waals surface area contributed by atoms with Crippen LogP contribution in [-0.4, -0.2) is 0 Å². The van der Waals surface area contributed by atoms with Gasteiger partial charge in [0.15, 0.2) is 0 Å². The van der Waals surface area contributed by atoms with Gasteiger partial charge in [0.25, 0.3) is 0 Å². The maximum absolute atomic E-state index is 4.28. The zero-order valence-corrected chi connectivity index (χ0v) is 13.3. The molecule has 0 aliphatic heterocycles. The smallest absolute Gasteiger partial charge is 0.00524 e. The maximum Gasteiger partial charge on any atom is 0.00524 e.